The van der Waals surface area contributed by atoms with Crippen molar-refractivity contribution in [2.24, 2.45) is 12.8 Å². The van der Waals surface area contributed by atoms with Gasteiger partial charge in [-0.25, -0.2) is 0 Å². The van der Waals surface area contributed by atoms with E-state index in [1.54, 1.807) is 48.4 Å². The Labute approximate surface area is 161 Å². The molecule has 0 radical (unpaired) electrons. The third-order valence-electron chi connectivity index (χ3n) is 4.27. The molecule has 2 aromatic heterocycles. The van der Waals surface area contributed by atoms with Gasteiger partial charge in [0, 0.05) is 31.4 Å². The van der Waals surface area contributed by atoms with Gasteiger partial charge in [0.25, 0.3) is 11.8 Å². The standard InChI is InChI=1S/C20H19N5O3/c1-25-17(14-8-5-9-22-11-14)15(12-23-25)20(28)24-16(18(26)19(21)27)10-13-6-3-2-4-7-13/h2-9,11-12,16H,10H2,1H3,(H2,21,27)(H,24,28). The van der Waals surface area contributed by atoms with Gasteiger partial charge in [0.2, 0.25) is 5.78 Å². The molecule has 0 aliphatic rings. The summed E-state index contributed by atoms with van der Waals surface area (Å²) in [5.41, 5.74) is 7.48. The number of Topliss-reactive ketones (excluding diaryl/α,β-unsaturated/α-hetero) is 1. The van der Waals surface area contributed by atoms with E-state index in [4.69, 9.17) is 5.73 Å². The number of benzene rings is 1. The van der Waals surface area contributed by atoms with Crippen LogP contribution in [0.2, 0.25) is 0 Å². The van der Waals surface area contributed by atoms with E-state index in [0.29, 0.717) is 11.3 Å². The SMILES string of the molecule is Cn1ncc(C(=O)NC(Cc2ccccc2)C(=O)C(N)=O)c1-c1cccnc1. The van der Waals surface area contributed by atoms with Crippen LogP contribution in [0.3, 0.4) is 0 Å². The lowest BCUT2D eigenvalue weighted by Gasteiger charge is -2.16. The van der Waals surface area contributed by atoms with Crippen LogP contribution in [0.15, 0.2) is 61.1 Å². The predicted molar refractivity (Wildman–Crippen MR) is 102 cm³/mol. The van der Waals surface area contributed by atoms with E-state index >= 15 is 0 Å². The Morgan fingerprint density at radius 1 is 1.11 bits per heavy atom. The van der Waals surface area contributed by atoms with Crippen LogP contribution < -0.4 is 11.1 Å². The molecule has 3 N–H and O–H groups in total. The normalized spacial score (nSPS) is 11.6. The molecular formula is C20H19N5O3. The summed E-state index contributed by atoms with van der Waals surface area (Å²) < 4.78 is 1.55. The van der Waals surface area contributed by atoms with E-state index in [9.17, 15) is 14.4 Å². The number of aryl methyl sites for hydroxylation is 1. The third-order valence-corrected chi connectivity index (χ3v) is 4.27. The molecule has 0 saturated heterocycles. The number of nitrogens with one attached hydrogen (secondary N) is 1. The van der Waals surface area contributed by atoms with Crippen molar-refractivity contribution in [1.82, 2.24) is 20.1 Å². The zero-order valence-corrected chi connectivity index (χ0v) is 15.2. The number of rotatable bonds is 7. The maximum atomic E-state index is 12.9. The topological polar surface area (TPSA) is 120 Å². The van der Waals surface area contributed by atoms with Gasteiger partial charge in [-0.2, -0.15) is 5.10 Å². The lowest BCUT2D eigenvalue weighted by atomic mass is 10.0. The molecule has 3 rings (SSSR count). The number of primary amides is 1. The molecule has 0 bridgehead atoms. The average molecular weight is 377 g/mol. The van der Waals surface area contributed by atoms with E-state index in [1.807, 2.05) is 18.2 Å². The highest BCUT2D eigenvalue weighted by Gasteiger charge is 2.27. The zero-order valence-electron chi connectivity index (χ0n) is 15.2. The Morgan fingerprint density at radius 2 is 1.86 bits per heavy atom. The van der Waals surface area contributed by atoms with Crippen LogP contribution in [0.25, 0.3) is 11.3 Å². The Kier molecular flexibility index (Phi) is 5.59. The number of nitrogens with two attached hydrogens (primary N) is 1. The van der Waals surface area contributed by atoms with Gasteiger partial charge in [0.15, 0.2) is 0 Å². The first-order chi connectivity index (χ1) is 13.5. The van der Waals surface area contributed by atoms with E-state index in [1.165, 1.54) is 6.20 Å². The Bertz CT molecular complexity index is 999. The molecule has 8 nitrogen and oxygen atoms in total. The van der Waals surface area contributed by atoms with Crippen LogP contribution in [0, 0.1) is 0 Å². The van der Waals surface area contributed by atoms with Crippen molar-refractivity contribution in [3.05, 3.63) is 72.2 Å². The molecule has 0 saturated carbocycles. The van der Waals surface area contributed by atoms with Crippen molar-refractivity contribution >= 4 is 17.6 Å². The molecule has 8 heteroatoms. The molecule has 142 valence electrons. The summed E-state index contributed by atoms with van der Waals surface area (Å²) in [6, 6.07) is 11.5. The van der Waals surface area contributed by atoms with Crippen LogP contribution in [0.1, 0.15) is 15.9 Å². The lowest BCUT2D eigenvalue weighted by molar-refractivity contribution is -0.137. The maximum Gasteiger partial charge on any atom is 0.287 e. The summed E-state index contributed by atoms with van der Waals surface area (Å²) in [7, 11) is 1.70. The largest absolute Gasteiger partial charge is 0.363 e. The zero-order chi connectivity index (χ0) is 20.1. The average Bonchev–Trinajstić information content (AvgIpc) is 3.09. The fourth-order valence-corrected chi connectivity index (χ4v) is 2.92. The molecule has 0 aliphatic heterocycles. The number of ketones is 1. The number of hydrogen-bond donors (Lipinski definition) is 2. The summed E-state index contributed by atoms with van der Waals surface area (Å²) in [6.07, 6.45) is 4.80. The van der Waals surface area contributed by atoms with Crippen LogP contribution in [-0.4, -0.2) is 38.4 Å². The Balaban J connectivity index is 1.89. The maximum absolute atomic E-state index is 12.9. The Morgan fingerprint density at radius 3 is 2.50 bits per heavy atom. The molecule has 2 amide bonds. The van der Waals surface area contributed by atoms with Crippen molar-refractivity contribution < 1.29 is 14.4 Å². The van der Waals surface area contributed by atoms with Crippen LogP contribution >= 0.6 is 0 Å². The van der Waals surface area contributed by atoms with E-state index in [-0.39, 0.29) is 12.0 Å². The molecule has 0 spiro atoms. The minimum atomic E-state index is -1.10. The highest BCUT2D eigenvalue weighted by Crippen LogP contribution is 2.22. The number of pyridine rings is 1. The van der Waals surface area contributed by atoms with Gasteiger partial charge in [-0.1, -0.05) is 30.3 Å². The van der Waals surface area contributed by atoms with Gasteiger partial charge in [-0.05, 0) is 17.7 Å². The van der Waals surface area contributed by atoms with E-state index < -0.39 is 23.6 Å². The smallest absolute Gasteiger partial charge is 0.287 e. The molecule has 0 aliphatic carbocycles. The van der Waals surface area contributed by atoms with Gasteiger partial charge in [-0.3, -0.25) is 24.0 Å². The molecule has 2 heterocycles. The second kappa shape index (κ2) is 8.26. The van der Waals surface area contributed by atoms with Crippen molar-refractivity contribution in [2.45, 2.75) is 12.5 Å². The van der Waals surface area contributed by atoms with Crippen LogP contribution in [-0.2, 0) is 23.1 Å². The first kappa shape index (κ1) is 19.0. The molecule has 1 atom stereocenters. The Hall–Kier alpha value is -3.81. The fourth-order valence-electron chi connectivity index (χ4n) is 2.92. The number of carbonyl (C=O) groups excluding carboxylic acids is 3. The summed E-state index contributed by atoms with van der Waals surface area (Å²) in [4.78, 5) is 40.6. The van der Waals surface area contributed by atoms with E-state index in [0.717, 1.165) is 5.56 Å². The lowest BCUT2D eigenvalue weighted by Crippen LogP contribution is -2.47. The fraction of sp³-hybridized carbons (Fsp3) is 0.150. The third kappa shape index (κ3) is 4.12. The minimum absolute atomic E-state index is 0.150. The van der Waals surface area contributed by atoms with E-state index in [2.05, 4.69) is 15.4 Å². The highest BCUT2D eigenvalue weighted by atomic mass is 16.2. The van der Waals surface area contributed by atoms with Gasteiger partial charge in [0.1, 0.15) is 6.04 Å². The first-order valence-electron chi connectivity index (χ1n) is 8.58. The highest BCUT2D eigenvalue weighted by molar-refractivity contribution is 6.38. The number of nitrogens with zero attached hydrogens (tertiary/aromatic N) is 3. The summed E-state index contributed by atoms with van der Waals surface area (Å²) in [5, 5.41) is 6.76. The number of amides is 2. The second-order valence-electron chi connectivity index (χ2n) is 6.22. The molecule has 28 heavy (non-hydrogen) atoms. The first-order valence-corrected chi connectivity index (χ1v) is 8.58. The summed E-state index contributed by atoms with van der Waals surface area (Å²) in [6.45, 7) is 0. The van der Waals surface area contributed by atoms with Gasteiger partial charge >= 0.3 is 0 Å². The van der Waals surface area contributed by atoms with Gasteiger partial charge < -0.3 is 11.1 Å². The van der Waals surface area contributed by atoms with Crippen molar-refractivity contribution in [3.8, 4) is 11.3 Å². The molecule has 3 aromatic rings. The molecule has 1 aromatic carbocycles. The summed E-state index contributed by atoms with van der Waals surface area (Å²) >= 11 is 0. The number of hydrogen-bond acceptors (Lipinski definition) is 5. The van der Waals surface area contributed by atoms with Crippen molar-refractivity contribution in [3.63, 3.8) is 0 Å². The van der Waals surface area contributed by atoms with Gasteiger partial charge in [-0.15, -0.1) is 0 Å². The van der Waals surface area contributed by atoms with Crippen molar-refractivity contribution in [1.29, 1.82) is 0 Å². The quantitative estimate of drug-likeness (QED) is 0.592. The molecule has 0 fully saturated rings. The number of aromatic nitrogens is 3. The van der Waals surface area contributed by atoms with Crippen LogP contribution in [0.5, 0.6) is 0 Å². The van der Waals surface area contributed by atoms with Crippen molar-refractivity contribution in [2.75, 3.05) is 0 Å². The second-order valence-corrected chi connectivity index (χ2v) is 6.22. The number of carbonyl (C=O) groups is 3. The monoisotopic (exact) mass is 377 g/mol. The molecule has 1 unspecified atom stereocenters. The molecular weight excluding hydrogens is 358 g/mol. The van der Waals surface area contributed by atoms with Crippen LogP contribution in [0.4, 0.5) is 0 Å². The van der Waals surface area contributed by atoms with Gasteiger partial charge in [0.05, 0.1) is 17.5 Å². The summed E-state index contributed by atoms with van der Waals surface area (Å²) in [5.74, 6) is -2.48. The predicted octanol–water partition coefficient (Wildman–Crippen LogP) is 0.878. The minimum Gasteiger partial charge on any atom is -0.363 e.